The zero-order chi connectivity index (χ0) is 18.0. The summed E-state index contributed by atoms with van der Waals surface area (Å²) in [7, 11) is -3.82. The summed E-state index contributed by atoms with van der Waals surface area (Å²) in [6.07, 6.45) is 1.42. The van der Waals surface area contributed by atoms with Crippen molar-refractivity contribution in [1.82, 2.24) is 9.97 Å². The first-order valence-corrected chi connectivity index (χ1v) is 10.1. The normalized spacial score (nSPS) is 11.4. The van der Waals surface area contributed by atoms with E-state index in [-0.39, 0.29) is 20.6 Å². The summed E-state index contributed by atoms with van der Waals surface area (Å²) in [5.41, 5.74) is 2.16. The van der Waals surface area contributed by atoms with Crippen molar-refractivity contribution in [2.45, 2.75) is 26.1 Å². The highest BCUT2D eigenvalue weighted by molar-refractivity contribution is 8.02. The summed E-state index contributed by atoms with van der Waals surface area (Å²) in [6.45, 7) is 1.86. The Kier molecular flexibility index (Phi) is 4.84. The molecule has 0 amide bonds. The largest absolute Gasteiger partial charge is 0.301 e. The van der Waals surface area contributed by atoms with Crippen molar-refractivity contribution in [2.75, 3.05) is 0 Å². The van der Waals surface area contributed by atoms with Gasteiger partial charge in [-0.25, -0.2) is 18.4 Å². The number of nitro groups is 1. The molecule has 0 saturated heterocycles. The number of pyridine rings is 1. The van der Waals surface area contributed by atoms with E-state index in [1.165, 1.54) is 36.0 Å². The monoisotopic (exact) mass is 393 g/mol. The topological polar surface area (TPSA) is 103 Å². The molecule has 3 rings (SSSR count). The lowest BCUT2D eigenvalue weighted by molar-refractivity contribution is -0.388. The molecule has 0 bridgehead atoms. The summed E-state index contributed by atoms with van der Waals surface area (Å²) < 4.78 is 26.0. The molecule has 128 valence electrons. The fraction of sp³-hybridized carbons (Fsp3) is 0.0667. The molecule has 0 aliphatic rings. The van der Waals surface area contributed by atoms with Gasteiger partial charge in [0, 0.05) is 12.3 Å². The van der Waals surface area contributed by atoms with Crippen molar-refractivity contribution in [3.05, 3.63) is 63.8 Å². The fourth-order valence-corrected chi connectivity index (χ4v) is 5.75. The number of thiazole rings is 1. The molecule has 0 spiro atoms. The van der Waals surface area contributed by atoms with E-state index in [2.05, 4.69) is 9.97 Å². The minimum Gasteiger partial charge on any atom is -0.258 e. The van der Waals surface area contributed by atoms with E-state index in [9.17, 15) is 18.5 Å². The van der Waals surface area contributed by atoms with Gasteiger partial charge in [-0.1, -0.05) is 17.7 Å². The molecule has 7 nitrogen and oxygen atoms in total. The van der Waals surface area contributed by atoms with Crippen LogP contribution in [-0.2, 0) is 9.84 Å². The van der Waals surface area contributed by atoms with Crippen molar-refractivity contribution in [1.29, 1.82) is 0 Å². The van der Waals surface area contributed by atoms with Gasteiger partial charge in [0.05, 0.1) is 15.3 Å². The second kappa shape index (κ2) is 6.90. The van der Waals surface area contributed by atoms with E-state index in [1.54, 1.807) is 12.1 Å². The van der Waals surface area contributed by atoms with Crippen LogP contribution in [-0.4, -0.2) is 23.3 Å². The molecular formula is C15H11N3O4S3. The molecule has 1 aromatic carbocycles. The van der Waals surface area contributed by atoms with E-state index in [0.29, 0.717) is 4.21 Å². The number of hydrogen-bond acceptors (Lipinski definition) is 8. The summed E-state index contributed by atoms with van der Waals surface area (Å²) in [5.74, 6) is 0. The number of rotatable bonds is 5. The van der Waals surface area contributed by atoms with Crippen molar-refractivity contribution in [3.63, 3.8) is 0 Å². The number of aromatic nitrogens is 2. The first kappa shape index (κ1) is 17.5. The molecule has 0 aliphatic heterocycles. The van der Waals surface area contributed by atoms with Crippen LogP contribution in [0, 0.1) is 17.0 Å². The van der Waals surface area contributed by atoms with E-state index in [0.717, 1.165) is 28.7 Å². The number of aryl methyl sites for hydroxylation is 1. The van der Waals surface area contributed by atoms with Gasteiger partial charge in [-0.15, -0.1) is 11.3 Å². The Bertz CT molecular complexity index is 1030. The van der Waals surface area contributed by atoms with Crippen molar-refractivity contribution in [2.24, 2.45) is 0 Å². The Labute approximate surface area is 151 Å². The lowest BCUT2D eigenvalue weighted by Crippen LogP contribution is -2.03. The van der Waals surface area contributed by atoms with Crippen LogP contribution in [0.4, 0.5) is 5.69 Å². The maximum absolute atomic E-state index is 12.8. The van der Waals surface area contributed by atoms with Crippen molar-refractivity contribution in [3.8, 4) is 0 Å². The minimum absolute atomic E-state index is 0.119. The highest BCUT2D eigenvalue weighted by Crippen LogP contribution is 2.39. The highest BCUT2D eigenvalue weighted by atomic mass is 32.2. The number of benzene rings is 1. The van der Waals surface area contributed by atoms with Crippen LogP contribution in [0.1, 0.15) is 5.56 Å². The lowest BCUT2D eigenvalue weighted by Gasteiger charge is -2.05. The molecule has 0 fully saturated rings. The molecule has 0 aliphatic carbocycles. The molecule has 0 saturated carbocycles. The van der Waals surface area contributed by atoms with Crippen molar-refractivity contribution >= 4 is 38.6 Å². The Morgan fingerprint density at radius 3 is 2.56 bits per heavy atom. The maximum Gasteiger partial charge on any atom is 0.301 e. The summed E-state index contributed by atoms with van der Waals surface area (Å²) in [6, 6.07) is 9.22. The molecule has 2 heterocycles. The van der Waals surface area contributed by atoms with E-state index < -0.39 is 14.8 Å². The van der Waals surface area contributed by atoms with Gasteiger partial charge in [0.15, 0.2) is 10.1 Å². The van der Waals surface area contributed by atoms with Gasteiger partial charge in [0.2, 0.25) is 9.84 Å². The van der Waals surface area contributed by atoms with E-state index >= 15 is 0 Å². The van der Waals surface area contributed by atoms with E-state index in [1.807, 2.05) is 6.92 Å². The first-order chi connectivity index (χ1) is 11.9. The zero-order valence-electron chi connectivity index (χ0n) is 12.8. The Morgan fingerprint density at radius 1 is 1.16 bits per heavy atom. The van der Waals surface area contributed by atoms with E-state index in [4.69, 9.17) is 0 Å². The SMILES string of the molecule is Cc1ccc(S(=O)(=O)c2ncsc2Sc2ncccc2[N+](=O)[O-])cc1. The average molecular weight is 393 g/mol. The Hall–Kier alpha value is -2.30. The molecular weight excluding hydrogens is 382 g/mol. The zero-order valence-corrected chi connectivity index (χ0v) is 15.3. The van der Waals surface area contributed by atoms with Crippen LogP contribution in [0.15, 0.2) is 67.3 Å². The average Bonchev–Trinajstić information content (AvgIpc) is 3.04. The van der Waals surface area contributed by atoms with Gasteiger partial charge in [-0.3, -0.25) is 10.1 Å². The summed E-state index contributed by atoms with van der Waals surface area (Å²) >= 11 is 2.02. The van der Waals surface area contributed by atoms with Gasteiger partial charge in [-0.2, -0.15) is 0 Å². The molecule has 3 aromatic rings. The van der Waals surface area contributed by atoms with Crippen LogP contribution in [0.3, 0.4) is 0 Å². The third-order valence-corrected chi connectivity index (χ3v) is 7.24. The molecule has 0 radical (unpaired) electrons. The van der Waals surface area contributed by atoms with Crippen LogP contribution in [0.25, 0.3) is 0 Å². The molecule has 0 atom stereocenters. The van der Waals surface area contributed by atoms with Gasteiger partial charge in [-0.05, 0) is 36.9 Å². The number of hydrogen-bond donors (Lipinski definition) is 0. The van der Waals surface area contributed by atoms with Gasteiger partial charge >= 0.3 is 5.69 Å². The quantitative estimate of drug-likeness (QED) is 0.480. The third-order valence-electron chi connectivity index (χ3n) is 3.23. The molecule has 2 aromatic heterocycles. The predicted molar refractivity (Wildman–Crippen MR) is 93.8 cm³/mol. The van der Waals surface area contributed by atoms with Crippen LogP contribution >= 0.6 is 23.1 Å². The Balaban J connectivity index is 2.02. The van der Waals surface area contributed by atoms with Gasteiger partial charge in [0.25, 0.3) is 0 Å². The first-order valence-electron chi connectivity index (χ1n) is 6.92. The minimum atomic E-state index is -3.82. The molecule has 25 heavy (non-hydrogen) atoms. The fourth-order valence-electron chi connectivity index (χ4n) is 1.99. The molecule has 0 unspecified atom stereocenters. The molecule has 0 N–H and O–H groups in total. The van der Waals surface area contributed by atoms with Gasteiger partial charge in [0.1, 0.15) is 4.21 Å². The Morgan fingerprint density at radius 2 is 1.88 bits per heavy atom. The molecule has 10 heteroatoms. The predicted octanol–water partition coefficient (Wildman–Crippen LogP) is 3.74. The van der Waals surface area contributed by atoms with Gasteiger partial charge < -0.3 is 0 Å². The highest BCUT2D eigenvalue weighted by Gasteiger charge is 2.27. The second-order valence-corrected chi connectivity index (χ2v) is 8.93. The van der Waals surface area contributed by atoms with Crippen LogP contribution in [0.5, 0.6) is 0 Å². The maximum atomic E-state index is 12.8. The summed E-state index contributed by atoms with van der Waals surface area (Å²) in [5, 5.41) is 11.1. The smallest absolute Gasteiger partial charge is 0.258 e. The third kappa shape index (κ3) is 3.55. The van der Waals surface area contributed by atoms with Crippen molar-refractivity contribution < 1.29 is 13.3 Å². The standard InChI is InChI=1S/C15H11N3O4S3/c1-10-4-6-11(7-5-10)25(21,22)14-15(23-9-17-14)24-13-12(18(19)20)3-2-8-16-13/h2-9H,1H3. The number of sulfone groups is 1. The lowest BCUT2D eigenvalue weighted by atomic mass is 10.2. The second-order valence-electron chi connectivity index (χ2n) is 4.95. The van der Waals surface area contributed by atoms with Crippen LogP contribution < -0.4 is 0 Å². The summed E-state index contributed by atoms with van der Waals surface area (Å²) in [4.78, 5) is 18.6. The van der Waals surface area contributed by atoms with Crippen LogP contribution in [0.2, 0.25) is 0 Å². The number of nitrogens with zero attached hydrogens (tertiary/aromatic N) is 3.